The topological polar surface area (TPSA) is 66.6 Å². The number of nitrogens with zero attached hydrogens (tertiary/aromatic N) is 1. The zero-order valence-electron chi connectivity index (χ0n) is 6.21. The highest BCUT2D eigenvalue weighted by atomic mass is 16.3. The fraction of sp³-hybridized carbons (Fsp3) is 0.833. The van der Waals surface area contributed by atoms with Crippen LogP contribution in [0.2, 0.25) is 0 Å². The number of hydrogen-bond donors (Lipinski definition) is 2. The Morgan fingerprint density at radius 1 is 1.60 bits per heavy atom. The van der Waals surface area contributed by atoms with Crippen LogP contribution in [0.3, 0.4) is 0 Å². The van der Waals surface area contributed by atoms with E-state index in [0.717, 1.165) is 0 Å². The summed E-state index contributed by atoms with van der Waals surface area (Å²) in [5, 5.41) is 8.48. The zero-order chi connectivity index (χ0) is 7.98. The van der Waals surface area contributed by atoms with Crippen molar-refractivity contribution < 1.29 is 9.90 Å². The third-order valence-corrected chi connectivity index (χ3v) is 1.21. The van der Waals surface area contributed by atoms with Crippen molar-refractivity contribution in [2.75, 3.05) is 26.2 Å². The molecule has 0 rings (SSSR count). The van der Waals surface area contributed by atoms with Crippen LogP contribution in [0.25, 0.3) is 0 Å². The lowest BCUT2D eigenvalue weighted by Gasteiger charge is -2.18. The summed E-state index contributed by atoms with van der Waals surface area (Å²) >= 11 is 0. The fourth-order valence-electron chi connectivity index (χ4n) is 0.703. The van der Waals surface area contributed by atoms with Crippen LogP contribution in [-0.2, 0) is 4.79 Å². The Balaban J connectivity index is 3.61. The van der Waals surface area contributed by atoms with E-state index in [9.17, 15) is 4.79 Å². The molecule has 3 N–H and O–H groups in total. The number of nitrogens with two attached hydrogens (primary N) is 1. The van der Waals surface area contributed by atoms with Crippen molar-refractivity contribution in [3.05, 3.63) is 0 Å². The second-order valence-electron chi connectivity index (χ2n) is 2.02. The number of carbonyl (C=O) groups excluding carboxylic acids is 1. The first-order valence-corrected chi connectivity index (χ1v) is 3.28. The van der Waals surface area contributed by atoms with Gasteiger partial charge in [-0.05, 0) is 0 Å². The van der Waals surface area contributed by atoms with Crippen LogP contribution in [-0.4, -0.2) is 42.2 Å². The molecule has 0 unspecified atom stereocenters. The quantitative estimate of drug-likeness (QED) is 0.522. The van der Waals surface area contributed by atoms with Crippen molar-refractivity contribution in [3.8, 4) is 0 Å². The Hall–Kier alpha value is -0.610. The van der Waals surface area contributed by atoms with Gasteiger partial charge in [0.2, 0.25) is 5.91 Å². The summed E-state index contributed by atoms with van der Waals surface area (Å²) in [5.41, 5.74) is 5.22. The normalized spacial score (nSPS) is 9.50. The molecule has 1 amide bonds. The van der Waals surface area contributed by atoms with Gasteiger partial charge < -0.3 is 15.7 Å². The van der Waals surface area contributed by atoms with E-state index >= 15 is 0 Å². The minimum absolute atomic E-state index is 0.000417. The number of aliphatic hydroxyl groups excluding tert-OH is 1. The van der Waals surface area contributed by atoms with Gasteiger partial charge in [-0.15, -0.1) is 0 Å². The van der Waals surface area contributed by atoms with Gasteiger partial charge in [0.05, 0.1) is 6.61 Å². The van der Waals surface area contributed by atoms with E-state index in [2.05, 4.69) is 0 Å². The predicted molar refractivity (Wildman–Crippen MR) is 38.4 cm³/mol. The molecule has 0 aliphatic carbocycles. The molecule has 0 aromatic carbocycles. The Labute approximate surface area is 60.6 Å². The van der Waals surface area contributed by atoms with E-state index in [1.807, 2.05) is 0 Å². The molecule has 0 saturated carbocycles. The lowest BCUT2D eigenvalue weighted by Crippen LogP contribution is -2.35. The molecule has 10 heavy (non-hydrogen) atoms. The van der Waals surface area contributed by atoms with Crippen LogP contribution in [0, 0.1) is 0 Å². The number of hydrogen-bond acceptors (Lipinski definition) is 3. The molecule has 0 aliphatic rings. The molecule has 60 valence electrons. The maximum absolute atomic E-state index is 10.7. The van der Waals surface area contributed by atoms with Crippen LogP contribution in [0.4, 0.5) is 0 Å². The maximum atomic E-state index is 10.7. The Morgan fingerprint density at radius 3 is 2.50 bits per heavy atom. The van der Waals surface area contributed by atoms with Gasteiger partial charge in [0, 0.05) is 26.6 Å². The van der Waals surface area contributed by atoms with Gasteiger partial charge in [-0.25, -0.2) is 0 Å². The fourth-order valence-corrected chi connectivity index (χ4v) is 0.703. The van der Waals surface area contributed by atoms with Gasteiger partial charge in [0.15, 0.2) is 0 Å². The van der Waals surface area contributed by atoms with Crippen molar-refractivity contribution in [1.82, 2.24) is 4.90 Å². The van der Waals surface area contributed by atoms with Crippen LogP contribution in [0.1, 0.15) is 6.92 Å². The van der Waals surface area contributed by atoms with Crippen LogP contribution in [0.5, 0.6) is 0 Å². The SMILES string of the molecule is CC(=O)N(CCN)CCO. The summed E-state index contributed by atoms with van der Waals surface area (Å²) in [6.45, 7) is 2.81. The molecule has 0 bridgehead atoms. The maximum Gasteiger partial charge on any atom is 0.219 e. The average Bonchev–Trinajstić information content (AvgIpc) is 1.87. The molecule has 0 aromatic heterocycles. The summed E-state index contributed by atoms with van der Waals surface area (Å²) in [6.07, 6.45) is 0. The number of carbonyl (C=O) groups is 1. The van der Waals surface area contributed by atoms with E-state index < -0.39 is 0 Å². The third-order valence-electron chi connectivity index (χ3n) is 1.21. The predicted octanol–water partition coefficient (Wildman–Crippen LogP) is -1.21. The largest absolute Gasteiger partial charge is 0.395 e. The minimum Gasteiger partial charge on any atom is -0.395 e. The molecule has 4 nitrogen and oxygen atoms in total. The monoisotopic (exact) mass is 146 g/mol. The van der Waals surface area contributed by atoms with Crippen molar-refractivity contribution in [2.45, 2.75) is 6.92 Å². The van der Waals surface area contributed by atoms with E-state index in [4.69, 9.17) is 10.8 Å². The highest BCUT2D eigenvalue weighted by Crippen LogP contribution is 1.85. The smallest absolute Gasteiger partial charge is 0.219 e. The van der Waals surface area contributed by atoms with Crippen LogP contribution < -0.4 is 5.73 Å². The van der Waals surface area contributed by atoms with Gasteiger partial charge in [-0.2, -0.15) is 0 Å². The van der Waals surface area contributed by atoms with Gasteiger partial charge in [0.1, 0.15) is 0 Å². The van der Waals surface area contributed by atoms with E-state index in [1.54, 1.807) is 0 Å². The second kappa shape index (κ2) is 5.20. The van der Waals surface area contributed by atoms with E-state index in [0.29, 0.717) is 19.6 Å². The Morgan fingerprint density at radius 2 is 2.20 bits per heavy atom. The third kappa shape index (κ3) is 3.42. The molecular formula is C6H14N2O2. The second-order valence-corrected chi connectivity index (χ2v) is 2.02. The van der Waals surface area contributed by atoms with Gasteiger partial charge in [-0.3, -0.25) is 4.79 Å². The van der Waals surface area contributed by atoms with Gasteiger partial charge >= 0.3 is 0 Å². The molecule has 0 aliphatic heterocycles. The van der Waals surface area contributed by atoms with E-state index in [-0.39, 0.29) is 12.5 Å². The standard InChI is InChI=1S/C6H14N2O2/c1-6(10)8(3-2-7)4-5-9/h9H,2-5,7H2,1H3. The molecule has 0 radical (unpaired) electrons. The number of aliphatic hydroxyl groups is 1. The highest BCUT2D eigenvalue weighted by Gasteiger charge is 2.04. The van der Waals surface area contributed by atoms with Gasteiger partial charge in [-0.1, -0.05) is 0 Å². The Bertz CT molecular complexity index is 99.9. The highest BCUT2D eigenvalue weighted by molar-refractivity contribution is 5.73. The number of rotatable bonds is 4. The zero-order valence-corrected chi connectivity index (χ0v) is 6.21. The van der Waals surface area contributed by atoms with Crippen LogP contribution >= 0.6 is 0 Å². The summed E-state index contributed by atoms with van der Waals surface area (Å²) in [6, 6.07) is 0. The first-order chi connectivity index (χ1) is 4.72. The molecule has 0 heterocycles. The van der Waals surface area contributed by atoms with Gasteiger partial charge in [0.25, 0.3) is 0 Å². The molecule has 0 fully saturated rings. The first-order valence-electron chi connectivity index (χ1n) is 3.28. The van der Waals surface area contributed by atoms with Crippen molar-refractivity contribution >= 4 is 5.91 Å². The Kier molecular flexibility index (Phi) is 4.88. The average molecular weight is 146 g/mol. The summed E-state index contributed by atoms with van der Waals surface area (Å²) < 4.78 is 0. The lowest BCUT2D eigenvalue weighted by atomic mass is 10.4. The van der Waals surface area contributed by atoms with Crippen molar-refractivity contribution in [1.29, 1.82) is 0 Å². The summed E-state index contributed by atoms with van der Waals surface area (Å²) in [5.74, 6) is -0.0421. The van der Waals surface area contributed by atoms with Crippen molar-refractivity contribution in [3.63, 3.8) is 0 Å². The summed E-state index contributed by atoms with van der Waals surface area (Å²) in [4.78, 5) is 12.2. The molecule has 0 spiro atoms. The minimum atomic E-state index is -0.0421. The molecule has 0 saturated heterocycles. The van der Waals surface area contributed by atoms with Crippen LogP contribution in [0.15, 0.2) is 0 Å². The first kappa shape index (κ1) is 9.39. The van der Waals surface area contributed by atoms with E-state index in [1.165, 1.54) is 11.8 Å². The molecule has 4 heteroatoms. The molecule has 0 aromatic rings. The van der Waals surface area contributed by atoms with Crippen molar-refractivity contribution in [2.24, 2.45) is 5.73 Å². The lowest BCUT2D eigenvalue weighted by molar-refractivity contribution is -0.129. The number of amides is 1. The summed E-state index contributed by atoms with van der Waals surface area (Å²) in [7, 11) is 0. The molecular weight excluding hydrogens is 132 g/mol. The molecule has 0 atom stereocenters.